The highest BCUT2D eigenvalue weighted by Crippen LogP contribution is 2.30. The first-order valence-corrected chi connectivity index (χ1v) is 9.87. The number of anilines is 1. The number of carbonyl (C=O) groups excluding carboxylic acids is 1. The van der Waals surface area contributed by atoms with E-state index < -0.39 is 0 Å². The van der Waals surface area contributed by atoms with Crippen molar-refractivity contribution >= 4 is 34.1 Å². The van der Waals surface area contributed by atoms with Crippen LogP contribution in [-0.4, -0.2) is 33.3 Å². The molecule has 1 amide bonds. The third kappa shape index (κ3) is 5.09. The second kappa shape index (κ2) is 8.86. The number of nitrogens with one attached hydrogen (secondary N) is 1. The summed E-state index contributed by atoms with van der Waals surface area (Å²) in [5.41, 5.74) is 1.11. The number of amides is 1. The summed E-state index contributed by atoms with van der Waals surface area (Å²) in [4.78, 5) is 14.3. The Bertz CT molecular complexity index is 821. The van der Waals surface area contributed by atoms with Crippen molar-refractivity contribution in [3.63, 3.8) is 0 Å². The molecule has 3 rings (SSSR count). The first-order valence-electron chi connectivity index (χ1n) is 8.17. The van der Waals surface area contributed by atoms with E-state index in [1.54, 1.807) is 11.2 Å². The van der Waals surface area contributed by atoms with Crippen molar-refractivity contribution in [3.8, 4) is 0 Å². The van der Waals surface area contributed by atoms with Gasteiger partial charge in [-0.2, -0.15) is 0 Å². The Kier molecular flexibility index (Phi) is 6.30. The summed E-state index contributed by atoms with van der Waals surface area (Å²) in [7, 11) is 1.82. The number of hydrogen-bond donors (Lipinski definition) is 1. The van der Waals surface area contributed by atoms with E-state index in [0.29, 0.717) is 18.2 Å². The molecule has 0 saturated carbocycles. The summed E-state index contributed by atoms with van der Waals surface area (Å²) in [5.74, 6) is 0.902. The molecule has 2 heterocycles. The Hall–Kier alpha value is -2.32. The van der Waals surface area contributed by atoms with Crippen molar-refractivity contribution in [3.05, 3.63) is 60.1 Å². The highest BCUT2D eigenvalue weighted by Gasteiger charge is 2.20. The lowest BCUT2D eigenvalue weighted by Crippen LogP contribution is -2.32. The summed E-state index contributed by atoms with van der Waals surface area (Å²) in [6, 6.07) is 13.7. The first kappa shape index (κ1) is 18.5. The molecule has 1 atom stereocenters. The Balaban J connectivity index is 1.50. The van der Waals surface area contributed by atoms with Crippen molar-refractivity contribution in [1.29, 1.82) is 0 Å². The van der Waals surface area contributed by atoms with Gasteiger partial charge in [0.25, 0.3) is 0 Å². The molecule has 3 aromatic rings. The van der Waals surface area contributed by atoms with Crippen LogP contribution in [0.2, 0.25) is 0 Å². The Morgan fingerprint density at radius 2 is 2.08 bits per heavy atom. The van der Waals surface area contributed by atoms with Gasteiger partial charge in [0.05, 0.1) is 18.1 Å². The van der Waals surface area contributed by atoms with Gasteiger partial charge in [0.2, 0.25) is 11.0 Å². The van der Waals surface area contributed by atoms with Gasteiger partial charge in [-0.15, -0.1) is 10.2 Å². The van der Waals surface area contributed by atoms with Crippen molar-refractivity contribution in [2.45, 2.75) is 29.6 Å². The van der Waals surface area contributed by atoms with Crippen molar-refractivity contribution in [1.82, 2.24) is 15.1 Å². The summed E-state index contributed by atoms with van der Waals surface area (Å²) < 4.78 is 6.04. The highest BCUT2D eigenvalue weighted by atomic mass is 32.2. The Morgan fingerprint density at radius 1 is 1.27 bits per heavy atom. The van der Waals surface area contributed by atoms with E-state index in [2.05, 4.69) is 15.5 Å². The van der Waals surface area contributed by atoms with E-state index in [1.807, 2.05) is 56.4 Å². The quantitative estimate of drug-likeness (QED) is 0.591. The number of rotatable bonds is 8. The van der Waals surface area contributed by atoms with Crippen LogP contribution >= 0.6 is 23.1 Å². The monoisotopic (exact) mass is 388 g/mol. The molecule has 1 N–H and O–H groups in total. The standard InChI is InChI=1S/C18H20N4O2S2/c1-13(16(23)22(2)12-14-7-4-3-5-8-14)25-18-21-20-17(26-18)19-11-15-9-6-10-24-15/h3-10,13H,11-12H2,1-2H3,(H,19,20). The minimum Gasteiger partial charge on any atom is -0.467 e. The number of aromatic nitrogens is 2. The van der Waals surface area contributed by atoms with Crippen molar-refractivity contribution in [2.24, 2.45) is 0 Å². The van der Waals surface area contributed by atoms with Crippen LogP contribution in [0.15, 0.2) is 57.5 Å². The molecule has 6 nitrogen and oxygen atoms in total. The average Bonchev–Trinajstić information content (AvgIpc) is 3.32. The van der Waals surface area contributed by atoms with Crippen LogP contribution in [0.1, 0.15) is 18.2 Å². The number of carbonyl (C=O) groups is 1. The maximum absolute atomic E-state index is 12.6. The van der Waals surface area contributed by atoms with E-state index in [0.717, 1.165) is 15.7 Å². The molecule has 0 spiro atoms. The number of benzene rings is 1. The van der Waals surface area contributed by atoms with Gasteiger partial charge in [-0.1, -0.05) is 53.4 Å². The molecule has 0 fully saturated rings. The Labute approximate surface area is 160 Å². The third-order valence-electron chi connectivity index (χ3n) is 3.66. The lowest BCUT2D eigenvalue weighted by Gasteiger charge is -2.20. The molecular weight excluding hydrogens is 368 g/mol. The molecule has 1 aromatic carbocycles. The second-order valence-electron chi connectivity index (χ2n) is 5.75. The minimum atomic E-state index is -0.227. The molecule has 26 heavy (non-hydrogen) atoms. The zero-order chi connectivity index (χ0) is 18.4. The van der Waals surface area contributed by atoms with Crippen LogP contribution in [-0.2, 0) is 17.9 Å². The molecule has 0 aliphatic carbocycles. The van der Waals surface area contributed by atoms with Crippen LogP contribution < -0.4 is 5.32 Å². The molecule has 0 bridgehead atoms. The van der Waals surface area contributed by atoms with Gasteiger partial charge in [0.1, 0.15) is 5.76 Å². The van der Waals surface area contributed by atoms with Gasteiger partial charge in [-0.25, -0.2) is 0 Å². The third-order valence-corrected chi connectivity index (χ3v) is 5.72. The predicted octanol–water partition coefficient (Wildman–Crippen LogP) is 3.88. The maximum atomic E-state index is 12.6. The Morgan fingerprint density at radius 3 is 2.81 bits per heavy atom. The molecule has 0 saturated heterocycles. The lowest BCUT2D eigenvalue weighted by molar-refractivity contribution is -0.129. The van der Waals surface area contributed by atoms with Crippen molar-refractivity contribution < 1.29 is 9.21 Å². The van der Waals surface area contributed by atoms with E-state index >= 15 is 0 Å². The zero-order valence-corrected chi connectivity index (χ0v) is 16.2. The van der Waals surface area contributed by atoms with E-state index in [9.17, 15) is 4.79 Å². The minimum absolute atomic E-state index is 0.0687. The average molecular weight is 389 g/mol. The summed E-state index contributed by atoms with van der Waals surface area (Å²) in [6.07, 6.45) is 1.64. The zero-order valence-electron chi connectivity index (χ0n) is 14.6. The summed E-state index contributed by atoms with van der Waals surface area (Å²) >= 11 is 2.86. The second-order valence-corrected chi connectivity index (χ2v) is 8.31. The van der Waals surface area contributed by atoms with Crippen LogP contribution in [0, 0.1) is 0 Å². The molecular formula is C18H20N4O2S2. The fourth-order valence-corrected chi connectivity index (χ4v) is 4.36. The van der Waals surface area contributed by atoms with Crippen LogP contribution in [0.4, 0.5) is 5.13 Å². The van der Waals surface area contributed by atoms with Crippen LogP contribution in [0.5, 0.6) is 0 Å². The lowest BCUT2D eigenvalue weighted by atomic mass is 10.2. The van der Waals surface area contributed by atoms with E-state index in [4.69, 9.17) is 4.42 Å². The van der Waals surface area contributed by atoms with Crippen LogP contribution in [0.25, 0.3) is 0 Å². The van der Waals surface area contributed by atoms with E-state index in [1.165, 1.54) is 23.1 Å². The van der Waals surface area contributed by atoms with Gasteiger partial charge >= 0.3 is 0 Å². The number of nitrogens with zero attached hydrogens (tertiary/aromatic N) is 3. The highest BCUT2D eigenvalue weighted by molar-refractivity contribution is 8.02. The molecule has 1 unspecified atom stereocenters. The number of furan rings is 1. The number of thioether (sulfide) groups is 1. The fraction of sp³-hybridized carbons (Fsp3) is 0.278. The van der Waals surface area contributed by atoms with Gasteiger partial charge in [-0.3, -0.25) is 4.79 Å². The largest absolute Gasteiger partial charge is 0.467 e. The van der Waals surface area contributed by atoms with Crippen LogP contribution in [0.3, 0.4) is 0 Å². The van der Waals surface area contributed by atoms with Gasteiger partial charge in [-0.05, 0) is 24.6 Å². The topological polar surface area (TPSA) is 71.3 Å². The normalized spacial score (nSPS) is 11.9. The molecule has 8 heteroatoms. The van der Waals surface area contributed by atoms with E-state index in [-0.39, 0.29) is 11.2 Å². The molecule has 0 aliphatic rings. The van der Waals surface area contributed by atoms with Gasteiger partial charge in [0.15, 0.2) is 4.34 Å². The summed E-state index contributed by atoms with van der Waals surface area (Å²) in [5, 5.41) is 11.9. The molecule has 136 valence electrons. The van der Waals surface area contributed by atoms with Crippen molar-refractivity contribution in [2.75, 3.05) is 12.4 Å². The number of hydrogen-bond acceptors (Lipinski definition) is 7. The fourth-order valence-electron chi connectivity index (χ4n) is 2.35. The van der Waals surface area contributed by atoms with Gasteiger partial charge < -0.3 is 14.6 Å². The summed E-state index contributed by atoms with van der Waals surface area (Å²) in [6.45, 7) is 3.04. The maximum Gasteiger partial charge on any atom is 0.235 e. The van der Waals surface area contributed by atoms with Gasteiger partial charge in [0, 0.05) is 13.6 Å². The smallest absolute Gasteiger partial charge is 0.235 e. The molecule has 0 radical (unpaired) electrons. The SMILES string of the molecule is CC(Sc1nnc(NCc2ccco2)s1)C(=O)N(C)Cc1ccccc1. The predicted molar refractivity (Wildman–Crippen MR) is 104 cm³/mol. The first-order chi connectivity index (χ1) is 12.6. The molecule has 2 aromatic heterocycles. The molecule has 0 aliphatic heterocycles.